The van der Waals surface area contributed by atoms with Crippen molar-refractivity contribution in [2.45, 2.75) is 69.8 Å². The molecule has 7 N–H and O–H groups in total. The van der Waals surface area contributed by atoms with Gasteiger partial charge in [0.05, 0.1) is 11.7 Å². The van der Waals surface area contributed by atoms with Crippen molar-refractivity contribution in [3.8, 4) is 5.75 Å². The molecule has 5 aromatic rings. The lowest BCUT2D eigenvalue weighted by atomic mass is 10.0. The van der Waals surface area contributed by atoms with Crippen LogP contribution in [0.3, 0.4) is 0 Å². The van der Waals surface area contributed by atoms with E-state index in [1.165, 1.54) is 0 Å². The van der Waals surface area contributed by atoms with Crippen molar-refractivity contribution < 1.29 is 51.8 Å². The molecule has 14 nitrogen and oxygen atoms in total. The second kappa shape index (κ2) is 21.9. The fraction of sp³-hybridized carbons (Fsp3) is 0.292. The fourth-order valence-electron chi connectivity index (χ4n) is 6.96. The molecule has 0 unspecified atom stereocenters. The van der Waals surface area contributed by atoms with E-state index in [1.807, 2.05) is 35.2 Å². The van der Waals surface area contributed by atoms with E-state index in [1.54, 1.807) is 54.6 Å². The summed E-state index contributed by atoms with van der Waals surface area (Å²) in [7, 11) is 0. The van der Waals surface area contributed by atoms with E-state index < -0.39 is 18.2 Å². The zero-order chi connectivity index (χ0) is 46.5. The van der Waals surface area contributed by atoms with Gasteiger partial charge in [0.1, 0.15) is 5.75 Å². The standard InChI is InChI=1S/C46H48N6O6.C2HF3O2/c47-39(26-31-11-12-32-7-3-4-8-35(32)25-31)45(56)49-24-6-2-1-5-23-48-43(54)33-15-18-37(19-16-33)50-44(55)34-13-9-30(10-14-34)28-52(38-20-21-38)46(57)36-17-22-40-41(27-36)58-29-42(53)51-40;3-2(4,5)1(6)7/h3-4,7-19,22,25,27,38-39H,1-2,5-6,20-21,23-24,26,28-29,47H2,(H,48,54)(H,49,56)(H,50,55)(H,51,53);(H,6,7)/t39-;/m0./s1. The van der Waals surface area contributed by atoms with Crippen LogP contribution in [0.1, 0.15) is 80.7 Å². The number of nitrogens with one attached hydrogen (secondary N) is 4. The molecule has 1 saturated carbocycles. The van der Waals surface area contributed by atoms with Crippen LogP contribution in [0.5, 0.6) is 5.75 Å². The number of benzene rings is 5. The van der Waals surface area contributed by atoms with Crippen molar-refractivity contribution >= 4 is 57.7 Å². The maximum absolute atomic E-state index is 13.5. The third kappa shape index (κ3) is 13.9. The van der Waals surface area contributed by atoms with Crippen LogP contribution in [-0.4, -0.2) is 83.5 Å². The van der Waals surface area contributed by atoms with Crippen LogP contribution in [-0.2, 0) is 27.3 Å². The number of hydrogen-bond acceptors (Lipinski definition) is 8. The van der Waals surface area contributed by atoms with E-state index in [0.717, 1.165) is 60.4 Å². The van der Waals surface area contributed by atoms with Gasteiger partial charge in [-0.1, -0.05) is 67.4 Å². The molecule has 1 atom stereocenters. The Morgan fingerprint density at radius 3 is 2.02 bits per heavy atom. The van der Waals surface area contributed by atoms with Crippen molar-refractivity contribution in [2.24, 2.45) is 5.73 Å². The Morgan fingerprint density at radius 1 is 0.754 bits per heavy atom. The topological polar surface area (TPSA) is 209 Å². The lowest BCUT2D eigenvalue weighted by Gasteiger charge is -2.24. The zero-order valence-corrected chi connectivity index (χ0v) is 35.3. The predicted octanol–water partition coefficient (Wildman–Crippen LogP) is 6.84. The first-order valence-corrected chi connectivity index (χ1v) is 21.1. The number of carboxylic acids is 1. The molecule has 1 aliphatic heterocycles. The molecule has 2 aliphatic rings. The van der Waals surface area contributed by atoms with Gasteiger partial charge in [-0.05, 0) is 109 Å². The maximum atomic E-state index is 13.5. The van der Waals surface area contributed by atoms with Gasteiger partial charge >= 0.3 is 12.1 Å². The van der Waals surface area contributed by atoms with E-state index in [-0.39, 0.29) is 42.2 Å². The predicted molar refractivity (Wildman–Crippen MR) is 237 cm³/mol. The Bertz CT molecular complexity index is 2510. The SMILES string of the molecule is N[C@@H](Cc1ccc2ccccc2c1)C(=O)NCCCCCCNC(=O)c1ccc(NC(=O)c2ccc(CN(C(=O)c3ccc4c(c3)OCC(=O)N4)C3CC3)cc2)cc1.O=C(O)C(F)(F)F. The highest BCUT2D eigenvalue weighted by atomic mass is 19.4. The van der Waals surface area contributed by atoms with Gasteiger partial charge in [-0.25, -0.2) is 4.79 Å². The minimum absolute atomic E-state index is 0.0843. The molecule has 5 amide bonds. The van der Waals surface area contributed by atoms with Gasteiger partial charge in [-0.15, -0.1) is 0 Å². The number of halogens is 3. The van der Waals surface area contributed by atoms with Gasteiger partial charge in [0.2, 0.25) is 5.91 Å². The summed E-state index contributed by atoms with van der Waals surface area (Å²) in [6.45, 7) is 1.41. The highest BCUT2D eigenvalue weighted by molar-refractivity contribution is 6.05. The lowest BCUT2D eigenvalue weighted by Crippen LogP contribution is -2.42. The zero-order valence-electron chi connectivity index (χ0n) is 35.3. The number of ether oxygens (including phenoxy) is 1. The van der Waals surface area contributed by atoms with Crippen molar-refractivity contribution in [2.75, 3.05) is 30.3 Å². The Labute approximate surface area is 372 Å². The van der Waals surface area contributed by atoms with Crippen LogP contribution < -0.4 is 31.7 Å². The van der Waals surface area contributed by atoms with Gasteiger partial charge < -0.3 is 41.7 Å². The monoisotopic (exact) mass is 894 g/mol. The summed E-state index contributed by atoms with van der Waals surface area (Å²) in [4.78, 5) is 74.1. The quantitative estimate of drug-likeness (QED) is 0.0540. The number of carbonyl (C=O) groups excluding carboxylic acids is 5. The largest absolute Gasteiger partial charge is 0.490 e. The molecule has 65 heavy (non-hydrogen) atoms. The highest BCUT2D eigenvalue weighted by Gasteiger charge is 2.38. The number of anilines is 2. The summed E-state index contributed by atoms with van der Waals surface area (Å²) < 4.78 is 37.2. The summed E-state index contributed by atoms with van der Waals surface area (Å²) >= 11 is 0. The Morgan fingerprint density at radius 2 is 1.35 bits per heavy atom. The molecule has 0 saturated heterocycles. The first kappa shape index (κ1) is 47.2. The number of unbranched alkanes of at least 4 members (excludes halogenated alkanes) is 3. The summed E-state index contributed by atoms with van der Waals surface area (Å²) in [5.41, 5.74) is 10.7. The van der Waals surface area contributed by atoms with Crippen LogP contribution in [0.4, 0.5) is 24.5 Å². The van der Waals surface area contributed by atoms with Gasteiger partial charge in [-0.2, -0.15) is 13.2 Å². The Kier molecular flexibility index (Phi) is 15.9. The molecule has 7 rings (SSSR count). The second-order valence-corrected chi connectivity index (χ2v) is 15.7. The van der Waals surface area contributed by atoms with Crippen LogP contribution in [0, 0.1) is 0 Å². The molecule has 1 aliphatic carbocycles. The Hall–Kier alpha value is -7.27. The third-order valence-corrected chi connectivity index (χ3v) is 10.6. The van der Waals surface area contributed by atoms with E-state index in [9.17, 15) is 37.1 Å². The molecule has 0 aromatic heterocycles. The van der Waals surface area contributed by atoms with Crippen LogP contribution in [0.25, 0.3) is 10.8 Å². The van der Waals surface area contributed by atoms with Crippen molar-refractivity contribution in [1.29, 1.82) is 0 Å². The second-order valence-electron chi connectivity index (χ2n) is 15.7. The average Bonchev–Trinajstić information content (AvgIpc) is 4.14. The van der Waals surface area contributed by atoms with E-state index in [0.29, 0.717) is 59.9 Å². The number of nitrogens with two attached hydrogens (primary N) is 1. The first-order chi connectivity index (χ1) is 31.1. The number of fused-ring (bicyclic) bond motifs is 2. The Balaban J connectivity index is 0.000000925. The number of aliphatic carboxylic acids is 1. The van der Waals surface area contributed by atoms with E-state index >= 15 is 0 Å². The number of carboxylic acid groups (broad SMARTS) is 1. The van der Waals surface area contributed by atoms with Gasteiger partial charge in [0.15, 0.2) is 6.61 Å². The number of hydrogen-bond donors (Lipinski definition) is 6. The number of rotatable bonds is 17. The normalized spacial score (nSPS) is 13.4. The minimum atomic E-state index is -5.08. The maximum Gasteiger partial charge on any atom is 0.490 e. The van der Waals surface area contributed by atoms with Crippen LogP contribution >= 0.6 is 0 Å². The first-order valence-electron chi connectivity index (χ1n) is 21.1. The van der Waals surface area contributed by atoms with Crippen molar-refractivity contribution in [3.05, 3.63) is 137 Å². The number of nitrogens with zero attached hydrogens (tertiary/aromatic N) is 1. The molecule has 1 fully saturated rings. The van der Waals surface area contributed by atoms with E-state index in [2.05, 4.69) is 45.5 Å². The molecule has 5 aromatic carbocycles. The molecule has 0 radical (unpaired) electrons. The molecule has 340 valence electrons. The smallest absolute Gasteiger partial charge is 0.482 e. The van der Waals surface area contributed by atoms with Gasteiger partial charge in [0, 0.05) is 48.1 Å². The molecule has 0 bridgehead atoms. The lowest BCUT2D eigenvalue weighted by molar-refractivity contribution is -0.192. The van der Waals surface area contributed by atoms with Gasteiger partial charge in [-0.3, -0.25) is 24.0 Å². The minimum Gasteiger partial charge on any atom is -0.482 e. The summed E-state index contributed by atoms with van der Waals surface area (Å²) in [5.74, 6) is -3.25. The number of carbonyl (C=O) groups is 6. The number of amides is 5. The molecule has 0 spiro atoms. The average molecular weight is 895 g/mol. The third-order valence-electron chi connectivity index (χ3n) is 10.6. The molecule has 17 heteroatoms. The summed E-state index contributed by atoms with van der Waals surface area (Å²) in [5, 5.41) is 20.9. The summed E-state index contributed by atoms with van der Waals surface area (Å²) in [6.07, 6.45) is 0.733. The molecule has 1 heterocycles. The van der Waals surface area contributed by atoms with Crippen LogP contribution in [0.15, 0.2) is 109 Å². The number of alkyl halides is 3. The van der Waals surface area contributed by atoms with Gasteiger partial charge in [0.25, 0.3) is 23.6 Å². The highest BCUT2D eigenvalue weighted by Crippen LogP contribution is 2.33. The fourth-order valence-corrected chi connectivity index (χ4v) is 6.96. The van der Waals surface area contributed by atoms with Crippen molar-refractivity contribution in [1.82, 2.24) is 15.5 Å². The van der Waals surface area contributed by atoms with E-state index in [4.69, 9.17) is 20.4 Å². The van der Waals surface area contributed by atoms with Crippen molar-refractivity contribution in [3.63, 3.8) is 0 Å². The summed E-state index contributed by atoms with van der Waals surface area (Å²) in [6, 6.07) is 32.8. The molecular weight excluding hydrogens is 846 g/mol. The molecular formula is C48H49F3N6O8. The van der Waals surface area contributed by atoms with Crippen LogP contribution in [0.2, 0.25) is 0 Å².